The number of rotatable bonds is 6. The molecule has 162 valence electrons. The van der Waals surface area contributed by atoms with Crippen molar-refractivity contribution in [1.29, 1.82) is 0 Å². The molecule has 1 unspecified atom stereocenters. The van der Waals surface area contributed by atoms with Crippen LogP contribution in [0, 0.1) is 46.3 Å². The van der Waals surface area contributed by atoms with E-state index in [0.717, 1.165) is 55.1 Å². The Morgan fingerprint density at radius 1 is 1.03 bits per heavy atom. The van der Waals surface area contributed by atoms with E-state index in [1.54, 1.807) is 0 Å². The molecule has 0 amide bonds. The Morgan fingerprint density at radius 3 is 2.59 bits per heavy atom. The van der Waals surface area contributed by atoms with Crippen molar-refractivity contribution in [2.75, 3.05) is 0 Å². The van der Waals surface area contributed by atoms with E-state index in [1.165, 1.54) is 56.9 Å². The van der Waals surface area contributed by atoms with Gasteiger partial charge in [0.25, 0.3) is 0 Å². The fourth-order valence-electron chi connectivity index (χ4n) is 8.57. The molecule has 2 nitrogen and oxygen atoms in total. The third kappa shape index (κ3) is 3.57. The number of hydrogen-bond acceptors (Lipinski definition) is 2. The van der Waals surface area contributed by atoms with E-state index in [4.69, 9.17) is 0 Å². The van der Waals surface area contributed by atoms with Crippen molar-refractivity contribution in [3.05, 3.63) is 11.6 Å². The van der Waals surface area contributed by atoms with Gasteiger partial charge in [-0.15, -0.1) is 0 Å². The van der Waals surface area contributed by atoms with Gasteiger partial charge < -0.3 is 4.79 Å². The molecule has 0 aliphatic heterocycles. The lowest BCUT2D eigenvalue weighted by Gasteiger charge is -2.58. The number of allylic oxidation sites excluding steroid dienone is 1. The predicted molar refractivity (Wildman–Crippen MR) is 118 cm³/mol. The summed E-state index contributed by atoms with van der Waals surface area (Å²) in [4.78, 5) is 23.0. The monoisotopic (exact) mass is 398 g/mol. The van der Waals surface area contributed by atoms with Crippen LogP contribution in [0.2, 0.25) is 0 Å². The van der Waals surface area contributed by atoms with Crippen LogP contribution in [0.15, 0.2) is 11.6 Å². The highest BCUT2D eigenvalue weighted by molar-refractivity contribution is 5.91. The van der Waals surface area contributed by atoms with E-state index in [9.17, 15) is 9.59 Å². The normalized spacial score (nSPS) is 43.6. The second-order valence-corrected chi connectivity index (χ2v) is 11.7. The van der Waals surface area contributed by atoms with Gasteiger partial charge in [-0.2, -0.15) is 0 Å². The van der Waals surface area contributed by atoms with Crippen LogP contribution in [0.4, 0.5) is 0 Å². The summed E-state index contributed by atoms with van der Waals surface area (Å²) in [6.07, 6.45) is 16.6. The molecule has 0 aromatic heterocycles. The molecule has 4 aliphatic rings. The molecule has 0 spiro atoms. The first kappa shape index (κ1) is 21.3. The van der Waals surface area contributed by atoms with Gasteiger partial charge in [-0.1, -0.05) is 46.1 Å². The molecular formula is C27H42O2. The van der Waals surface area contributed by atoms with Gasteiger partial charge in [-0.05, 0) is 97.9 Å². The summed E-state index contributed by atoms with van der Waals surface area (Å²) in [5, 5.41) is 0. The molecule has 0 N–H and O–H groups in total. The SMILES string of the molecule is CC(C=O)CCC[C@@H](C)[C@H]1CC[C@H]2[C@@H]3CCC4=CC(=O)CC[C@]4(C)[C@H]3CC[C@]12C. The van der Waals surface area contributed by atoms with Crippen LogP contribution in [0.5, 0.6) is 0 Å². The van der Waals surface area contributed by atoms with Gasteiger partial charge in [0.05, 0.1) is 0 Å². The van der Waals surface area contributed by atoms with Gasteiger partial charge in [0.2, 0.25) is 0 Å². The Balaban J connectivity index is 1.47. The Kier molecular flexibility index (Phi) is 5.86. The minimum Gasteiger partial charge on any atom is -0.303 e. The number of hydrogen-bond donors (Lipinski definition) is 0. The first-order valence-corrected chi connectivity index (χ1v) is 12.5. The zero-order valence-corrected chi connectivity index (χ0v) is 19.2. The van der Waals surface area contributed by atoms with Crippen molar-refractivity contribution < 1.29 is 9.59 Å². The maximum Gasteiger partial charge on any atom is 0.155 e. The van der Waals surface area contributed by atoms with Crippen LogP contribution in [0.3, 0.4) is 0 Å². The third-order valence-corrected chi connectivity index (χ3v) is 10.3. The van der Waals surface area contributed by atoms with Crippen molar-refractivity contribution in [1.82, 2.24) is 0 Å². The number of aldehydes is 1. The van der Waals surface area contributed by atoms with Gasteiger partial charge in [-0.25, -0.2) is 0 Å². The summed E-state index contributed by atoms with van der Waals surface area (Å²) in [5.41, 5.74) is 2.30. The van der Waals surface area contributed by atoms with E-state index in [1.807, 2.05) is 6.08 Å². The fraction of sp³-hybridized carbons (Fsp3) is 0.852. The molecule has 29 heavy (non-hydrogen) atoms. The lowest BCUT2D eigenvalue weighted by atomic mass is 9.46. The molecule has 0 radical (unpaired) electrons. The molecule has 0 aromatic rings. The van der Waals surface area contributed by atoms with Gasteiger partial charge in [0.1, 0.15) is 6.29 Å². The zero-order chi connectivity index (χ0) is 20.8. The van der Waals surface area contributed by atoms with Crippen molar-refractivity contribution in [3.8, 4) is 0 Å². The van der Waals surface area contributed by atoms with E-state index in [2.05, 4.69) is 27.7 Å². The quantitative estimate of drug-likeness (QED) is 0.462. The Hall–Kier alpha value is -0.920. The molecular weight excluding hydrogens is 356 g/mol. The number of carbonyl (C=O) groups is 2. The predicted octanol–water partition coefficient (Wildman–Crippen LogP) is 6.78. The van der Waals surface area contributed by atoms with Gasteiger partial charge in [-0.3, -0.25) is 4.79 Å². The number of fused-ring (bicyclic) bond motifs is 5. The smallest absolute Gasteiger partial charge is 0.155 e. The summed E-state index contributed by atoms with van der Waals surface area (Å²) in [6.45, 7) is 9.67. The van der Waals surface area contributed by atoms with Gasteiger partial charge in [0.15, 0.2) is 5.78 Å². The molecule has 3 fully saturated rings. The maximum absolute atomic E-state index is 12.0. The van der Waals surface area contributed by atoms with Crippen molar-refractivity contribution >= 4 is 12.1 Å². The highest BCUT2D eigenvalue weighted by atomic mass is 16.1. The molecule has 4 rings (SSSR count). The fourth-order valence-corrected chi connectivity index (χ4v) is 8.57. The zero-order valence-electron chi connectivity index (χ0n) is 19.2. The Labute approximate surface area is 178 Å². The lowest BCUT2D eigenvalue weighted by Crippen LogP contribution is -2.50. The highest BCUT2D eigenvalue weighted by Gasteiger charge is 2.59. The van der Waals surface area contributed by atoms with Crippen LogP contribution >= 0.6 is 0 Å². The summed E-state index contributed by atoms with van der Waals surface area (Å²) in [7, 11) is 0. The van der Waals surface area contributed by atoms with E-state index in [-0.39, 0.29) is 5.92 Å². The third-order valence-electron chi connectivity index (χ3n) is 10.3. The van der Waals surface area contributed by atoms with Crippen LogP contribution < -0.4 is 0 Å². The van der Waals surface area contributed by atoms with Crippen molar-refractivity contribution in [2.45, 2.75) is 98.3 Å². The summed E-state index contributed by atoms with van der Waals surface area (Å²) in [5.74, 6) is 4.79. The summed E-state index contributed by atoms with van der Waals surface area (Å²) >= 11 is 0. The standard InChI is InChI=1S/C27H42O2/c1-18(17-28)6-5-7-19(2)23-10-11-24-22-9-8-20-16-21(29)12-14-26(20,3)25(22)13-15-27(23,24)4/h16-19,22-25H,5-15H2,1-4H3/t18?,19-,22+,23-,24+,25+,26+,27-/m1/s1. The largest absolute Gasteiger partial charge is 0.303 e. The molecule has 2 heteroatoms. The maximum atomic E-state index is 12.0. The second kappa shape index (κ2) is 7.97. The van der Waals surface area contributed by atoms with E-state index in [0.29, 0.717) is 16.6 Å². The summed E-state index contributed by atoms with van der Waals surface area (Å²) in [6, 6.07) is 0. The first-order valence-electron chi connectivity index (χ1n) is 12.5. The van der Waals surface area contributed by atoms with Crippen LogP contribution in [-0.2, 0) is 9.59 Å². The van der Waals surface area contributed by atoms with E-state index >= 15 is 0 Å². The van der Waals surface area contributed by atoms with Gasteiger partial charge >= 0.3 is 0 Å². The minimum absolute atomic E-state index is 0.220. The van der Waals surface area contributed by atoms with Crippen LogP contribution in [0.25, 0.3) is 0 Å². The van der Waals surface area contributed by atoms with Gasteiger partial charge in [0, 0.05) is 12.3 Å². The molecule has 0 aromatic carbocycles. The molecule has 0 heterocycles. The lowest BCUT2D eigenvalue weighted by molar-refractivity contribution is -0.117. The first-order chi connectivity index (χ1) is 13.8. The Morgan fingerprint density at radius 2 is 1.83 bits per heavy atom. The molecule has 8 atom stereocenters. The molecule has 4 aliphatic carbocycles. The molecule has 0 bridgehead atoms. The number of ketones is 1. The van der Waals surface area contributed by atoms with Crippen LogP contribution in [-0.4, -0.2) is 12.1 Å². The highest BCUT2D eigenvalue weighted by Crippen LogP contribution is 2.67. The average molecular weight is 399 g/mol. The second-order valence-electron chi connectivity index (χ2n) is 11.7. The minimum atomic E-state index is 0.220. The number of carbonyl (C=O) groups excluding carboxylic acids is 2. The Bertz CT molecular complexity index is 678. The molecule has 3 saturated carbocycles. The average Bonchev–Trinajstić information content (AvgIpc) is 3.05. The topological polar surface area (TPSA) is 34.1 Å². The molecule has 0 saturated heterocycles. The van der Waals surface area contributed by atoms with Crippen LogP contribution in [0.1, 0.15) is 98.3 Å². The van der Waals surface area contributed by atoms with E-state index < -0.39 is 0 Å². The van der Waals surface area contributed by atoms with Crippen molar-refractivity contribution in [2.24, 2.45) is 46.3 Å². The summed E-state index contributed by atoms with van der Waals surface area (Å²) < 4.78 is 0. The van der Waals surface area contributed by atoms with Crippen molar-refractivity contribution in [3.63, 3.8) is 0 Å².